The van der Waals surface area contributed by atoms with Crippen LogP contribution in [0.1, 0.15) is 0 Å². The fraction of sp³-hybridized carbons (Fsp3) is 0. The Morgan fingerprint density at radius 3 is 1.89 bits per heavy atom. The van der Waals surface area contributed by atoms with Gasteiger partial charge in [-0.15, -0.1) is 0 Å². The summed E-state index contributed by atoms with van der Waals surface area (Å²) in [6.45, 7) is 0. The van der Waals surface area contributed by atoms with Gasteiger partial charge in [-0.3, -0.25) is 0 Å². The molecule has 0 aromatic heterocycles. The van der Waals surface area contributed by atoms with E-state index in [4.69, 9.17) is 5.73 Å². The minimum Gasteiger partial charge on any atom is -0.399 e. The Labute approximate surface area is 104 Å². The first kappa shape index (κ1) is 13.1. The average molecular weight is 274 g/mol. The summed E-state index contributed by atoms with van der Waals surface area (Å²) >= 11 is 0. The maximum atomic E-state index is 13.4. The third kappa shape index (κ3) is 2.59. The molecule has 0 aliphatic heterocycles. The van der Waals surface area contributed by atoms with Crippen LogP contribution in [0.15, 0.2) is 24.3 Å². The Morgan fingerprint density at radius 2 is 1.37 bits per heavy atom. The first-order chi connectivity index (χ1) is 8.88. The van der Waals surface area contributed by atoms with Crippen molar-refractivity contribution in [2.75, 3.05) is 11.1 Å². The molecular weight excluding hydrogens is 267 g/mol. The van der Waals surface area contributed by atoms with E-state index in [1.807, 2.05) is 0 Å². The zero-order valence-corrected chi connectivity index (χ0v) is 9.28. The molecule has 100 valence electrons. The lowest BCUT2D eigenvalue weighted by molar-refractivity contribution is 0.459. The fourth-order valence-electron chi connectivity index (χ4n) is 1.51. The minimum absolute atomic E-state index is 0.0137. The number of hydrogen-bond acceptors (Lipinski definition) is 2. The number of halogens is 5. The molecule has 3 N–H and O–H groups in total. The van der Waals surface area contributed by atoms with E-state index in [0.717, 1.165) is 18.2 Å². The number of benzene rings is 2. The molecule has 0 spiro atoms. The van der Waals surface area contributed by atoms with E-state index >= 15 is 0 Å². The van der Waals surface area contributed by atoms with Crippen LogP contribution in [-0.4, -0.2) is 0 Å². The molecule has 2 aromatic carbocycles. The maximum absolute atomic E-state index is 13.4. The van der Waals surface area contributed by atoms with Crippen LogP contribution < -0.4 is 11.1 Å². The zero-order valence-electron chi connectivity index (χ0n) is 9.28. The van der Waals surface area contributed by atoms with Gasteiger partial charge in [0.15, 0.2) is 23.3 Å². The highest BCUT2D eigenvalue weighted by Crippen LogP contribution is 2.28. The molecule has 7 heteroatoms. The lowest BCUT2D eigenvalue weighted by Crippen LogP contribution is -2.03. The van der Waals surface area contributed by atoms with E-state index in [0.29, 0.717) is 0 Å². The van der Waals surface area contributed by atoms with Crippen LogP contribution in [0, 0.1) is 29.1 Å². The number of hydrogen-bond donors (Lipinski definition) is 2. The molecule has 2 rings (SSSR count). The van der Waals surface area contributed by atoms with E-state index in [2.05, 4.69) is 5.32 Å². The lowest BCUT2D eigenvalue weighted by atomic mass is 10.2. The SMILES string of the molecule is Nc1cc(F)cc(Nc2c(F)c(F)cc(F)c2F)c1. The van der Waals surface area contributed by atoms with Crippen LogP contribution in [0.2, 0.25) is 0 Å². The van der Waals surface area contributed by atoms with Gasteiger partial charge in [-0.2, -0.15) is 0 Å². The first-order valence-electron chi connectivity index (χ1n) is 5.04. The molecular formula is C12H7F5N2. The number of nitrogens with one attached hydrogen (secondary N) is 1. The van der Waals surface area contributed by atoms with Gasteiger partial charge in [0, 0.05) is 17.4 Å². The van der Waals surface area contributed by atoms with Crippen LogP contribution in [0.3, 0.4) is 0 Å². The van der Waals surface area contributed by atoms with Crippen molar-refractivity contribution in [2.45, 2.75) is 0 Å². The number of nitrogens with two attached hydrogens (primary N) is 1. The zero-order chi connectivity index (χ0) is 14.2. The van der Waals surface area contributed by atoms with E-state index in [-0.39, 0.29) is 17.4 Å². The maximum Gasteiger partial charge on any atom is 0.185 e. The van der Waals surface area contributed by atoms with Crippen LogP contribution in [0.4, 0.5) is 39.0 Å². The van der Waals surface area contributed by atoms with Gasteiger partial charge in [0.1, 0.15) is 11.5 Å². The summed E-state index contributed by atoms with van der Waals surface area (Å²) in [6, 6.07) is 3.09. The molecule has 0 atom stereocenters. The molecule has 0 radical (unpaired) electrons. The summed E-state index contributed by atoms with van der Waals surface area (Å²) in [7, 11) is 0. The number of nitrogen functional groups attached to an aromatic ring is 1. The third-order valence-corrected chi connectivity index (χ3v) is 2.30. The van der Waals surface area contributed by atoms with Crippen LogP contribution in [0.25, 0.3) is 0 Å². The topological polar surface area (TPSA) is 38.0 Å². The summed E-state index contributed by atoms with van der Waals surface area (Å²) in [5.74, 6) is -7.11. The molecule has 0 fully saturated rings. The minimum atomic E-state index is -1.61. The third-order valence-electron chi connectivity index (χ3n) is 2.30. The number of rotatable bonds is 2. The molecule has 0 heterocycles. The molecule has 0 aliphatic rings. The molecule has 2 aromatic rings. The molecule has 19 heavy (non-hydrogen) atoms. The fourth-order valence-corrected chi connectivity index (χ4v) is 1.51. The van der Waals surface area contributed by atoms with Crippen LogP contribution >= 0.6 is 0 Å². The van der Waals surface area contributed by atoms with Crippen molar-refractivity contribution in [3.05, 3.63) is 53.4 Å². The van der Waals surface area contributed by atoms with Gasteiger partial charge in [0.05, 0.1) is 0 Å². The van der Waals surface area contributed by atoms with Gasteiger partial charge in [0.2, 0.25) is 0 Å². The Bertz CT molecular complexity index is 596. The van der Waals surface area contributed by atoms with Gasteiger partial charge < -0.3 is 11.1 Å². The van der Waals surface area contributed by atoms with E-state index in [9.17, 15) is 22.0 Å². The van der Waals surface area contributed by atoms with Gasteiger partial charge in [-0.05, 0) is 18.2 Å². The first-order valence-corrected chi connectivity index (χ1v) is 5.04. The Balaban J connectivity index is 2.49. The summed E-state index contributed by atoms with van der Waals surface area (Å²) < 4.78 is 65.7. The van der Waals surface area contributed by atoms with Crippen molar-refractivity contribution >= 4 is 17.1 Å². The Hall–Kier alpha value is -2.31. The lowest BCUT2D eigenvalue weighted by Gasteiger charge is -2.10. The predicted molar refractivity (Wildman–Crippen MR) is 60.4 cm³/mol. The van der Waals surface area contributed by atoms with Crippen molar-refractivity contribution < 1.29 is 22.0 Å². The summed E-state index contributed by atoms with van der Waals surface area (Å²) in [6.07, 6.45) is 0. The largest absolute Gasteiger partial charge is 0.399 e. The Kier molecular flexibility index (Phi) is 3.28. The summed E-state index contributed by atoms with van der Waals surface area (Å²) in [5.41, 5.74) is 4.13. The number of anilines is 3. The monoisotopic (exact) mass is 274 g/mol. The standard InChI is InChI=1S/C12H7F5N2/c13-5-1-6(18)3-7(2-5)19-12-10(16)8(14)4-9(15)11(12)17/h1-4,19H,18H2. The molecule has 0 amide bonds. The molecule has 0 unspecified atom stereocenters. The van der Waals surface area contributed by atoms with Gasteiger partial charge in [-0.1, -0.05) is 0 Å². The quantitative estimate of drug-likeness (QED) is 0.497. The van der Waals surface area contributed by atoms with E-state index in [1.165, 1.54) is 0 Å². The molecule has 0 bridgehead atoms. The average Bonchev–Trinajstić information content (AvgIpc) is 2.31. The van der Waals surface area contributed by atoms with Crippen molar-refractivity contribution in [2.24, 2.45) is 0 Å². The van der Waals surface area contributed by atoms with Gasteiger partial charge >= 0.3 is 0 Å². The van der Waals surface area contributed by atoms with Crippen LogP contribution in [0.5, 0.6) is 0 Å². The summed E-state index contributed by atoms with van der Waals surface area (Å²) in [4.78, 5) is 0. The highest BCUT2D eigenvalue weighted by molar-refractivity contribution is 5.64. The van der Waals surface area contributed by atoms with Gasteiger partial charge in [0.25, 0.3) is 0 Å². The summed E-state index contributed by atoms with van der Waals surface area (Å²) in [5, 5.41) is 2.05. The van der Waals surface area contributed by atoms with Crippen molar-refractivity contribution in [3.8, 4) is 0 Å². The highest BCUT2D eigenvalue weighted by Gasteiger charge is 2.19. The predicted octanol–water partition coefficient (Wildman–Crippen LogP) is 3.71. The Morgan fingerprint density at radius 1 is 0.789 bits per heavy atom. The van der Waals surface area contributed by atoms with Crippen molar-refractivity contribution in [3.63, 3.8) is 0 Å². The molecule has 0 saturated carbocycles. The van der Waals surface area contributed by atoms with E-state index in [1.54, 1.807) is 0 Å². The van der Waals surface area contributed by atoms with Gasteiger partial charge in [-0.25, -0.2) is 22.0 Å². The van der Waals surface area contributed by atoms with Crippen LogP contribution in [-0.2, 0) is 0 Å². The van der Waals surface area contributed by atoms with Crippen molar-refractivity contribution in [1.82, 2.24) is 0 Å². The second-order valence-corrected chi connectivity index (χ2v) is 3.74. The smallest absolute Gasteiger partial charge is 0.185 e. The van der Waals surface area contributed by atoms with E-state index < -0.39 is 34.8 Å². The van der Waals surface area contributed by atoms with Crippen molar-refractivity contribution in [1.29, 1.82) is 0 Å². The second kappa shape index (κ2) is 4.75. The normalized spacial score (nSPS) is 10.6. The highest BCUT2D eigenvalue weighted by atomic mass is 19.2. The molecule has 2 nitrogen and oxygen atoms in total. The molecule has 0 aliphatic carbocycles. The second-order valence-electron chi connectivity index (χ2n) is 3.74. The molecule has 0 saturated heterocycles.